The molecule has 8 heteroatoms. The molecule has 0 unspecified atom stereocenters. The van der Waals surface area contributed by atoms with Crippen LogP contribution in [-0.2, 0) is 10.0 Å². The van der Waals surface area contributed by atoms with E-state index < -0.39 is 10.0 Å². The highest BCUT2D eigenvalue weighted by Crippen LogP contribution is 2.27. The fourth-order valence-electron chi connectivity index (χ4n) is 4.15. The van der Waals surface area contributed by atoms with Crippen LogP contribution in [0.2, 0.25) is 0 Å². The zero-order valence-corrected chi connectivity index (χ0v) is 19.2. The van der Waals surface area contributed by atoms with Gasteiger partial charge in [0.1, 0.15) is 12.0 Å². The number of anilines is 1. The van der Waals surface area contributed by atoms with E-state index in [4.69, 9.17) is 4.42 Å². The molecular formula is C24H27N3O4S. The van der Waals surface area contributed by atoms with E-state index in [1.807, 2.05) is 12.1 Å². The van der Waals surface area contributed by atoms with Crippen LogP contribution in [0.1, 0.15) is 36.5 Å². The van der Waals surface area contributed by atoms with Crippen LogP contribution in [0.3, 0.4) is 0 Å². The van der Waals surface area contributed by atoms with Crippen LogP contribution >= 0.6 is 0 Å². The van der Waals surface area contributed by atoms with Gasteiger partial charge in [-0.3, -0.25) is 4.79 Å². The highest BCUT2D eigenvalue weighted by atomic mass is 32.2. The van der Waals surface area contributed by atoms with Crippen molar-refractivity contribution in [1.82, 2.24) is 9.29 Å². The summed E-state index contributed by atoms with van der Waals surface area (Å²) in [6.07, 6.45) is 2.62. The number of rotatable bonds is 5. The van der Waals surface area contributed by atoms with Gasteiger partial charge in [-0.15, -0.1) is 0 Å². The highest BCUT2D eigenvalue weighted by Gasteiger charge is 2.31. The van der Waals surface area contributed by atoms with Crippen molar-refractivity contribution >= 4 is 21.6 Å². The average molecular weight is 454 g/mol. The summed E-state index contributed by atoms with van der Waals surface area (Å²) < 4.78 is 32.8. The van der Waals surface area contributed by atoms with E-state index in [1.54, 1.807) is 41.8 Å². The first kappa shape index (κ1) is 22.2. The van der Waals surface area contributed by atoms with E-state index in [-0.39, 0.29) is 10.8 Å². The minimum absolute atomic E-state index is 0.211. The Bertz CT molecular complexity index is 1190. The minimum Gasteiger partial charge on any atom is -0.449 e. The summed E-state index contributed by atoms with van der Waals surface area (Å²) in [6, 6.07) is 13.4. The first-order valence-corrected chi connectivity index (χ1v) is 12.1. The summed E-state index contributed by atoms with van der Waals surface area (Å²) in [5.74, 6) is 0.947. The molecule has 1 fully saturated rings. The van der Waals surface area contributed by atoms with E-state index in [0.717, 1.165) is 17.7 Å². The topological polar surface area (TPSA) is 92.5 Å². The second-order valence-electron chi connectivity index (χ2n) is 8.58. The average Bonchev–Trinajstić information content (AvgIpc) is 3.20. The van der Waals surface area contributed by atoms with E-state index in [9.17, 15) is 13.2 Å². The lowest BCUT2D eigenvalue weighted by molar-refractivity contribution is 0.102. The number of nitrogens with zero attached hydrogens (tertiary/aromatic N) is 2. The molecule has 0 radical (unpaired) electrons. The second-order valence-corrected chi connectivity index (χ2v) is 10.5. The molecule has 1 saturated heterocycles. The minimum atomic E-state index is -3.57. The maximum Gasteiger partial charge on any atom is 0.255 e. The zero-order chi connectivity index (χ0) is 22.9. The number of piperidine rings is 1. The number of aromatic nitrogens is 1. The number of hydrogen-bond donors (Lipinski definition) is 1. The standard InChI is InChI=1S/C24H27N3O4S/c1-16-12-17(2)14-27(13-16)32(29,30)22-10-6-20(7-11-22)24(28)26-21-8-4-19(5-9-21)23-15-31-18(3)25-23/h4-11,15-17H,12-14H2,1-3H3,(H,26,28)/t16-,17+. The molecule has 0 bridgehead atoms. The lowest BCUT2D eigenvalue weighted by atomic mass is 9.94. The molecule has 32 heavy (non-hydrogen) atoms. The molecule has 7 nitrogen and oxygen atoms in total. The Morgan fingerprint density at radius 1 is 1.03 bits per heavy atom. The molecule has 4 rings (SSSR count). The summed E-state index contributed by atoms with van der Waals surface area (Å²) in [5, 5.41) is 2.83. The molecule has 0 saturated carbocycles. The van der Waals surface area contributed by atoms with E-state index >= 15 is 0 Å². The third-order valence-corrected chi connectivity index (χ3v) is 7.49. The molecule has 168 valence electrons. The maximum atomic E-state index is 13.0. The Hall–Kier alpha value is -2.97. The fourth-order valence-corrected chi connectivity index (χ4v) is 5.83. The van der Waals surface area contributed by atoms with Crippen LogP contribution in [0.15, 0.2) is 64.1 Å². The van der Waals surface area contributed by atoms with Crippen LogP contribution in [0.25, 0.3) is 11.3 Å². The van der Waals surface area contributed by atoms with Gasteiger partial charge >= 0.3 is 0 Å². The van der Waals surface area contributed by atoms with Gasteiger partial charge in [0.2, 0.25) is 10.0 Å². The van der Waals surface area contributed by atoms with Gasteiger partial charge in [-0.2, -0.15) is 4.31 Å². The number of hydrogen-bond acceptors (Lipinski definition) is 5. The van der Waals surface area contributed by atoms with Crippen molar-refractivity contribution in [1.29, 1.82) is 0 Å². The Balaban J connectivity index is 1.44. The summed E-state index contributed by atoms with van der Waals surface area (Å²) in [6.45, 7) is 6.98. The molecule has 1 N–H and O–H groups in total. The van der Waals surface area contributed by atoms with Crippen molar-refractivity contribution in [2.24, 2.45) is 11.8 Å². The quantitative estimate of drug-likeness (QED) is 0.611. The number of aryl methyl sites for hydroxylation is 1. The number of carbonyl (C=O) groups is 1. The normalized spacial score (nSPS) is 19.6. The second kappa shape index (κ2) is 8.88. The van der Waals surface area contributed by atoms with Gasteiger partial charge in [0.25, 0.3) is 5.91 Å². The molecule has 0 spiro atoms. The van der Waals surface area contributed by atoms with Gasteiger partial charge in [0, 0.05) is 36.8 Å². The van der Waals surface area contributed by atoms with Crippen molar-refractivity contribution < 1.29 is 17.6 Å². The molecule has 1 aliphatic heterocycles. The third kappa shape index (κ3) is 4.76. The van der Waals surface area contributed by atoms with Crippen LogP contribution in [0, 0.1) is 18.8 Å². The van der Waals surface area contributed by atoms with E-state index in [1.165, 1.54) is 12.1 Å². The lowest BCUT2D eigenvalue weighted by Crippen LogP contribution is -2.42. The number of oxazole rings is 1. The van der Waals surface area contributed by atoms with Gasteiger partial charge in [-0.05, 0) is 54.7 Å². The molecular weight excluding hydrogens is 426 g/mol. The largest absolute Gasteiger partial charge is 0.449 e. The number of nitrogens with one attached hydrogen (secondary N) is 1. The van der Waals surface area contributed by atoms with Crippen LogP contribution in [0.5, 0.6) is 0 Å². The number of amides is 1. The molecule has 0 aliphatic carbocycles. The monoisotopic (exact) mass is 453 g/mol. The van der Waals surface area contributed by atoms with E-state index in [2.05, 4.69) is 24.1 Å². The highest BCUT2D eigenvalue weighted by molar-refractivity contribution is 7.89. The zero-order valence-electron chi connectivity index (χ0n) is 18.4. The molecule has 2 heterocycles. The molecule has 2 atom stereocenters. The van der Waals surface area contributed by atoms with Crippen LogP contribution < -0.4 is 5.32 Å². The van der Waals surface area contributed by atoms with Crippen LogP contribution in [-0.4, -0.2) is 36.7 Å². The van der Waals surface area contributed by atoms with Crippen molar-refractivity contribution in [3.05, 3.63) is 66.2 Å². The Kier molecular flexibility index (Phi) is 6.17. The molecule has 2 aromatic carbocycles. The summed E-state index contributed by atoms with van der Waals surface area (Å²) in [4.78, 5) is 17.1. The van der Waals surface area contributed by atoms with Crippen molar-refractivity contribution in [3.63, 3.8) is 0 Å². The van der Waals surface area contributed by atoms with Gasteiger partial charge in [-0.1, -0.05) is 26.0 Å². The first-order chi connectivity index (χ1) is 15.2. The lowest BCUT2D eigenvalue weighted by Gasteiger charge is -2.34. The maximum absolute atomic E-state index is 13.0. The van der Waals surface area contributed by atoms with Gasteiger partial charge in [0.05, 0.1) is 4.90 Å². The molecule has 3 aromatic rings. The van der Waals surface area contributed by atoms with Gasteiger partial charge in [-0.25, -0.2) is 13.4 Å². The third-order valence-electron chi connectivity index (χ3n) is 5.65. The fraction of sp³-hybridized carbons (Fsp3) is 0.333. The molecule has 1 aromatic heterocycles. The molecule has 1 aliphatic rings. The van der Waals surface area contributed by atoms with Crippen molar-refractivity contribution in [2.45, 2.75) is 32.1 Å². The predicted octanol–water partition coefficient (Wildman–Crippen LogP) is 4.57. The first-order valence-electron chi connectivity index (χ1n) is 10.7. The van der Waals surface area contributed by atoms with Crippen LogP contribution in [0.4, 0.5) is 5.69 Å². The van der Waals surface area contributed by atoms with E-state index in [0.29, 0.717) is 42.1 Å². The summed E-state index contributed by atoms with van der Waals surface area (Å²) >= 11 is 0. The van der Waals surface area contributed by atoms with Gasteiger partial charge < -0.3 is 9.73 Å². The number of sulfonamides is 1. The molecule has 1 amide bonds. The van der Waals surface area contributed by atoms with Crippen molar-refractivity contribution in [3.8, 4) is 11.3 Å². The smallest absolute Gasteiger partial charge is 0.255 e. The number of carbonyl (C=O) groups excluding carboxylic acids is 1. The Morgan fingerprint density at radius 2 is 1.66 bits per heavy atom. The predicted molar refractivity (Wildman–Crippen MR) is 123 cm³/mol. The Labute approximate surface area is 188 Å². The summed E-state index contributed by atoms with van der Waals surface area (Å²) in [5.41, 5.74) is 2.64. The summed E-state index contributed by atoms with van der Waals surface area (Å²) in [7, 11) is -3.57. The number of benzene rings is 2. The van der Waals surface area contributed by atoms with Crippen molar-refractivity contribution in [2.75, 3.05) is 18.4 Å². The Morgan fingerprint density at radius 3 is 2.22 bits per heavy atom. The van der Waals surface area contributed by atoms with Gasteiger partial charge in [0.15, 0.2) is 5.89 Å². The SMILES string of the molecule is Cc1nc(-c2ccc(NC(=O)c3ccc(S(=O)(=O)N4C[C@H](C)C[C@H](C)C4)cc3)cc2)co1.